The number of nitrogens with two attached hydrogens (primary N) is 1. The van der Waals surface area contributed by atoms with Crippen molar-refractivity contribution >= 4 is 11.6 Å². The van der Waals surface area contributed by atoms with Crippen molar-refractivity contribution in [2.75, 3.05) is 11.9 Å². The van der Waals surface area contributed by atoms with Crippen molar-refractivity contribution in [3.05, 3.63) is 77.2 Å². The third-order valence-corrected chi connectivity index (χ3v) is 5.41. The van der Waals surface area contributed by atoms with E-state index in [-0.39, 0.29) is 23.2 Å². The van der Waals surface area contributed by atoms with Gasteiger partial charge in [0.05, 0.1) is 11.3 Å². The molecular formula is C21H15N5O2. The summed E-state index contributed by atoms with van der Waals surface area (Å²) in [4.78, 5) is 15.2. The van der Waals surface area contributed by atoms with Crippen LogP contribution in [0.15, 0.2) is 66.1 Å². The number of hydrogen-bond acceptors (Lipinski definition) is 5. The van der Waals surface area contributed by atoms with Crippen molar-refractivity contribution in [2.24, 2.45) is 5.73 Å². The number of H-pyrrole nitrogens is 1. The normalized spacial score (nSPS) is 20.0. The number of para-hydroxylation sites is 1. The molecule has 1 aromatic heterocycles. The lowest BCUT2D eigenvalue weighted by molar-refractivity contribution is -0.120. The van der Waals surface area contributed by atoms with Gasteiger partial charge in [0.25, 0.3) is 0 Å². The molecule has 0 aliphatic carbocycles. The van der Waals surface area contributed by atoms with Crippen molar-refractivity contribution in [3.8, 4) is 23.2 Å². The molecule has 2 aromatic carbocycles. The molecule has 1 amide bonds. The lowest BCUT2D eigenvalue weighted by atomic mass is 9.68. The van der Waals surface area contributed by atoms with Crippen LogP contribution in [0.2, 0.25) is 0 Å². The fourth-order valence-electron chi connectivity index (χ4n) is 4.21. The summed E-state index contributed by atoms with van der Waals surface area (Å²) in [6.07, 6.45) is 0. The summed E-state index contributed by atoms with van der Waals surface area (Å²) in [7, 11) is 1.69. The van der Waals surface area contributed by atoms with E-state index >= 15 is 0 Å². The first-order valence-corrected chi connectivity index (χ1v) is 8.70. The van der Waals surface area contributed by atoms with Crippen LogP contribution in [-0.2, 0) is 10.2 Å². The van der Waals surface area contributed by atoms with Crippen molar-refractivity contribution in [1.29, 1.82) is 5.26 Å². The molecule has 0 saturated carbocycles. The standard InChI is InChI=1S/C21H15N5O2/c1-26-15-10-6-5-9-13(15)21(20(26)27)14(11-22)18(23)28-19-16(21)17(24-25-19)12-7-3-2-4-8-12/h2-10H,23H2,1H3,(H,24,25)/t21-/m1/s1. The molecule has 7 heteroatoms. The highest BCUT2D eigenvalue weighted by Gasteiger charge is 2.60. The Bertz CT molecular complexity index is 1210. The molecule has 0 radical (unpaired) electrons. The molecule has 3 N–H and O–H groups in total. The molecule has 0 saturated heterocycles. The average molecular weight is 369 g/mol. The second-order valence-corrected chi connectivity index (χ2v) is 6.73. The Labute approximate surface area is 160 Å². The lowest BCUT2D eigenvalue weighted by Gasteiger charge is -2.32. The summed E-state index contributed by atoms with van der Waals surface area (Å²) in [6.45, 7) is 0. The Morgan fingerprint density at radius 2 is 1.89 bits per heavy atom. The number of nitrogens with zero attached hydrogens (tertiary/aromatic N) is 3. The van der Waals surface area contributed by atoms with Crippen LogP contribution in [0.5, 0.6) is 5.88 Å². The average Bonchev–Trinajstić information content (AvgIpc) is 3.24. The highest BCUT2D eigenvalue weighted by molar-refractivity contribution is 6.14. The van der Waals surface area contributed by atoms with E-state index in [4.69, 9.17) is 10.5 Å². The molecule has 2 aliphatic rings. The van der Waals surface area contributed by atoms with Gasteiger partial charge in [0.1, 0.15) is 17.1 Å². The van der Waals surface area contributed by atoms with Crippen molar-refractivity contribution in [1.82, 2.24) is 10.2 Å². The Hall–Kier alpha value is -4.05. The van der Waals surface area contributed by atoms with E-state index in [1.807, 2.05) is 54.6 Å². The molecule has 0 fully saturated rings. The van der Waals surface area contributed by atoms with E-state index in [0.29, 0.717) is 16.8 Å². The van der Waals surface area contributed by atoms with Gasteiger partial charge in [0.15, 0.2) is 0 Å². The number of carbonyl (C=O) groups excluding carboxylic acids is 1. The van der Waals surface area contributed by atoms with Gasteiger partial charge in [0.2, 0.25) is 17.7 Å². The number of amides is 1. The predicted octanol–water partition coefficient (Wildman–Crippen LogP) is 2.43. The molecular weight excluding hydrogens is 354 g/mol. The molecule has 136 valence electrons. The molecule has 3 heterocycles. The first-order valence-electron chi connectivity index (χ1n) is 8.70. The Morgan fingerprint density at radius 3 is 2.64 bits per heavy atom. The molecule has 28 heavy (non-hydrogen) atoms. The number of anilines is 1. The zero-order chi connectivity index (χ0) is 19.5. The zero-order valence-corrected chi connectivity index (χ0v) is 14.9. The topological polar surface area (TPSA) is 108 Å². The van der Waals surface area contributed by atoms with Gasteiger partial charge in [-0.3, -0.25) is 9.89 Å². The summed E-state index contributed by atoms with van der Waals surface area (Å²) in [5.74, 6) is -0.176. The van der Waals surface area contributed by atoms with Crippen LogP contribution in [0.4, 0.5) is 5.69 Å². The fourth-order valence-corrected chi connectivity index (χ4v) is 4.21. The van der Waals surface area contributed by atoms with E-state index in [1.54, 1.807) is 11.9 Å². The summed E-state index contributed by atoms with van der Waals surface area (Å²) < 4.78 is 5.64. The van der Waals surface area contributed by atoms with Crippen LogP contribution >= 0.6 is 0 Å². The number of aromatic amines is 1. The van der Waals surface area contributed by atoms with Crippen molar-refractivity contribution in [3.63, 3.8) is 0 Å². The number of ether oxygens (including phenoxy) is 1. The molecule has 0 unspecified atom stereocenters. The first kappa shape index (κ1) is 16.1. The number of rotatable bonds is 1. The van der Waals surface area contributed by atoms with E-state index < -0.39 is 5.41 Å². The zero-order valence-electron chi connectivity index (χ0n) is 14.9. The molecule has 1 spiro atoms. The summed E-state index contributed by atoms with van der Waals surface area (Å²) >= 11 is 0. The first-order chi connectivity index (χ1) is 13.6. The number of likely N-dealkylation sites (N-methyl/N-ethyl adjacent to an activating group) is 1. The number of carbonyl (C=O) groups is 1. The van der Waals surface area contributed by atoms with Gasteiger partial charge in [0, 0.05) is 23.9 Å². The van der Waals surface area contributed by atoms with Gasteiger partial charge in [-0.05, 0) is 6.07 Å². The van der Waals surface area contributed by atoms with Crippen LogP contribution < -0.4 is 15.4 Å². The smallest absolute Gasteiger partial charge is 0.247 e. The SMILES string of the molecule is CN1C(=O)[C@@]2(C(C#N)=C(N)Oc3n[nH]c(-c4ccccc4)c32)c2ccccc21. The number of benzene rings is 2. The van der Waals surface area contributed by atoms with Gasteiger partial charge in [-0.15, -0.1) is 5.10 Å². The van der Waals surface area contributed by atoms with Crippen LogP contribution in [-0.4, -0.2) is 23.2 Å². The maximum Gasteiger partial charge on any atom is 0.247 e. The molecule has 2 aliphatic heterocycles. The monoisotopic (exact) mass is 369 g/mol. The summed E-state index contributed by atoms with van der Waals surface area (Å²) in [5, 5.41) is 17.2. The summed E-state index contributed by atoms with van der Waals surface area (Å²) in [5.41, 5.74) is 8.11. The Kier molecular flexibility index (Phi) is 3.16. The van der Waals surface area contributed by atoms with E-state index in [1.165, 1.54) is 0 Å². The largest absolute Gasteiger partial charge is 0.420 e. The van der Waals surface area contributed by atoms with E-state index in [9.17, 15) is 10.1 Å². The Morgan fingerprint density at radius 1 is 1.18 bits per heavy atom. The molecule has 7 nitrogen and oxygen atoms in total. The molecule has 5 rings (SSSR count). The number of nitriles is 1. The molecule has 1 atom stereocenters. The minimum atomic E-state index is -1.41. The third kappa shape index (κ3) is 1.76. The fraction of sp³-hybridized carbons (Fsp3) is 0.0952. The number of aromatic nitrogens is 2. The number of hydrogen-bond donors (Lipinski definition) is 2. The second kappa shape index (κ2) is 5.47. The van der Waals surface area contributed by atoms with Crippen molar-refractivity contribution < 1.29 is 9.53 Å². The summed E-state index contributed by atoms with van der Waals surface area (Å²) in [6, 6.07) is 19.0. The molecule has 0 bridgehead atoms. The van der Waals surface area contributed by atoms with Gasteiger partial charge < -0.3 is 15.4 Å². The maximum absolute atomic E-state index is 13.7. The minimum absolute atomic E-state index is 0.0698. The van der Waals surface area contributed by atoms with E-state index in [2.05, 4.69) is 16.3 Å². The van der Waals surface area contributed by atoms with Crippen LogP contribution in [0, 0.1) is 11.3 Å². The van der Waals surface area contributed by atoms with Gasteiger partial charge in [-0.2, -0.15) is 5.26 Å². The highest BCUT2D eigenvalue weighted by atomic mass is 16.5. The predicted molar refractivity (Wildman–Crippen MR) is 102 cm³/mol. The minimum Gasteiger partial charge on any atom is -0.420 e. The quantitative estimate of drug-likeness (QED) is 0.685. The van der Waals surface area contributed by atoms with Gasteiger partial charge in [-0.1, -0.05) is 48.5 Å². The third-order valence-electron chi connectivity index (χ3n) is 5.41. The van der Waals surface area contributed by atoms with Crippen LogP contribution in [0.3, 0.4) is 0 Å². The van der Waals surface area contributed by atoms with Crippen LogP contribution in [0.25, 0.3) is 11.3 Å². The van der Waals surface area contributed by atoms with Crippen molar-refractivity contribution in [2.45, 2.75) is 5.41 Å². The van der Waals surface area contributed by atoms with Gasteiger partial charge in [-0.25, -0.2) is 0 Å². The number of nitrogens with one attached hydrogen (secondary N) is 1. The highest BCUT2D eigenvalue weighted by Crippen LogP contribution is 2.56. The Balaban J connectivity index is 1.93. The van der Waals surface area contributed by atoms with Gasteiger partial charge >= 0.3 is 0 Å². The number of fused-ring (bicyclic) bond motifs is 4. The van der Waals surface area contributed by atoms with Crippen LogP contribution in [0.1, 0.15) is 11.1 Å². The van der Waals surface area contributed by atoms with E-state index in [0.717, 1.165) is 11.3 Å². The molecule has 3 aromatic rings. The lowest BCUT2D eigenvalue weighted by Crippen LogP contribution is -2.45. The second-order valence-electron chi connectivity index (χ2n) is 6.73. The maximum atomic E-state index is 13.7.